The molecule has 0 saturated carbocycles. The summed E-state index contributed by atoms with van der Waals surface area (Å²) in [5, 5.41) is 2.58. The number of benzene rings is 1. The molecule has 0 radical (unpaired) electrons. The van der Waals surface area contributed by atoms with Crippen LogP contribution in [0.1, 0.15) is 22.6 Å². The van der Waals surface area contributed by atoms with Crippen LogP contribution in [-0.4, -0.2) is 22.4 Å². The van der Waals surface area contributed by atoms with Crippen molar-refractivity contribution >= 4 is 5.91 Å². The Bertz CT molecular complexity index is 555. The molecule has 1 heterocycles. The third-order valence-electron chi connectivity index (χ3n) is 2.61. The van der Waals surface area contributed by atoms with E-state index in [0.29, 0.717) is 25.5 Å². The molecule has 1 aromatic carbocycles. The monoisotopic (exact) mass is 265 g/mol. The molecule has 2 rings (SSSR count). The van der Waals surface area contributed by atoms with Crippen molar-refractivity contribution in [3.8, 4) is 0 Å². The van der Waals surface area contributed by atoms with Crippen molar-refractivity contribution in [3.05, 3.63) is 53.6 Å². The Morgan fingerprint density at radius 1 is 1.37 bits per heavy atom. The Hall–Kier alpha value is -2.24. The smallest absolute Gasteiger partial charge is 0.254 e. The summed E-state index contributed by atoms with van der Waals surface area (Å²) in [6, 6.07) is 2.88. The van der Waals surface area contributed by atoms with Crippen molar-refractivity contribution in [2.75, 3.05) is 6.54 Å². The minimum Gasteiger partial charge on any atom is -0.352 e. The van der Waals surface area contributed by atoms with Crippen molar-refractivity contribution < 1.29 is 13.6 Å². The van der Waals surface area contributed by atoms with Gasteiger partial charge in [-0.3, -0.25) is 4.79 Å². The van der Waals surface area contributed by atoms with E-state index >= 15 is 0 Å². The summed E-state index contributed by atoms with van der Waals surface area (Å²) in [6.45, 7) is 0.399. The van der Waals surface area contributed by atoms with Crippen LogP contribution in [0.3, 0.4) is 0 Å². The van der Waals surface area contributed by atoms with E-state index in [1.54, 1.807) is 12.4 Å². The fraction of sp³-hybridized carbons (Fsp3) is 0.231. The molecule has 4 nitrogen and oxygen atoms in total. The molecule has 1 aromatic heterocycles. The standard InChI is InChI=1S/C13H13F2N3O/c14-9-3-4-10(11(15)8-9)13(19)18-5-1-2-12-16-6-7-17-12/h3-4,6-8H,1-2,5H2,(H,16,17)(H,18,19). The zero-order valence-corrected chi connectivity index (χ0v) is 10.1. The number of hydrogen-bond donors (Lipinski definition) is 2. The minimum absolute atomic E-state index is 0.153. The van der Waals surface area contributed by atoms with Gasteiger partial charge in [0.15, 0.2) is 0 Å². The maximum atomic E-state index is 13.3. The lowest BCUT2D eigenvalue weighted by Crippen LogP contribution is -2.25. The topological polar surface area (TPSA) is 57.8 Å². The van der Waals surface area contributed by atoms with Gasteiger partial charge in [-0.05, 0) is 18.6 Å². The number of nitrogens with one attached hydrogen (secondary N) is 2. The zero-order valence-electron chi connectivity index (χ0n) is 10.1. The normalized spacial score (nSPS) is 10.4. The Morgan fingerprint density at radius 3 is 2.89 bits per heavy atom. The molecule has 100 valence electrons. The van der Waals surface area contributed by atoms with Crippen LogP contribution in [-0.2, 0) is 6.42 Å². The van der Waals surface area contributed by atoms with Gasteiger partial charge in [-0.25, -0.2) is 13.8 Å². The number of halogens is 2. The Morgan fingerprint density at radius 2 is 2.21 bits per heavy atom. The number of imidazole rings is 1. The van der Waals surface area contributed by atoms with Crippen molar-refractivity contribution in [1.29, 1.82) is 0 Å². The Kier molecular flexibility index (Phi) is 4.22. The van der Waals surface area contributed by atoms with Gasteiger partial charge in [0.1, 0.15) is 17.5 Å². The van der Waals surface area contributed by atoms with Crippen LogP contribution in [0.15, 0.2) is 30.6 Å². The molecule has 2 N–H and O–H groups in total. The number of hydrogen-bond acceptors (Lipinski definition) is 2. The maximum absolute atomic E-state index is 13.3. The summed E-state index contributed by atoms with van der Waals surface area (Å²) in [5.74, 6) is -1.27. The van der Waals surface area contributed by atoms with E-state index in [1.807, 2.05) is 0 Å². The molecule has 0 aliphatic heterocycles. The molecular formula is C13H13F2N3O. The molecule has 19 heavy (non-hydrogen) atoms. The highest BCUT2D eigenvalue weighted by molar-refractivity contribution is 5.94. The van der Waals surface area contributed by atoms with E-state index < -0.39 is 17.5 Å². The lowest BCUT2D eigenvalue weighted by molar-refractivity contribution is 0.0949. The van der Waals surface area contributed by atoms with E-state index in [9.17, 15) is 13.6 Å². The number of nitrogens with zero attached hydrogens (tertiary/aromatic N) is 1. The van der Waals surface area contributed by atoms with Crippen LogP contribution in [0.25, 0.3) is 0 Å². The number of carbonyl (C=O) groups excluding carboxylic acids is 1. The minimum atomic E-state index is -0.858. The number of aryl methyl sites for hydroxylation is 1. The number of H-pyrrole nitrogens is 1. The predicted molar refractivity (Wildman–Crippen MR) is 65.6 cm³/mol. The van der Waals surface area contributed by atoms with Crippen molar-refractivity contribution in [2.24, 2.45) is 0 Å². The predicted octanol–water partition coefficient (Wildman–Crippen LogP) is 2.05. The van der Waals surface area contributed by atoms with Crippen LogP contribution in [0.5, 0.6) is 0 Å². The number of aromatic nitrogens is 2. The lowest BCUT2D eigenvalue weighted by Gasteiger charge is -2.05. The summed E-state index contributed by atoms with van der Waals surface area (Å²) in [4.78, 5) is 18.6. The fourth-order valence-corrected chi connectivity index (χ4v) is 1.66. The first kappa shape index (κ1) is 13.2. The van der Waals surface area contributed by atoms with E-state index in [-0.39, 0.29) is 5.56 Å². The molecular weight excluding hydrogens is 252 g/mol. The molecule has 0 atom stereocenters. The average Bonchev–Trinajstić information content (AvgIpc) is 2.87. The molecule has 0 unspecified atom stereocenters. The number of rotatable bonds is 5. The van der Waals surface area contributed by atoms with Gasteiger partial charge in [-0.1, -0.05) is 0 Å². The Labute approximate surface area is 108 Å². The second-order valence-electron chi connectivity index (χ2n) is 4.02. The summed E-state index contributed by atoms with van der Waals surface area (Å²) in [7, 11) is 0. The first-order chi connectivity index (χ1) is 9.16. The second-order valence-corrected chi connectivity index (χ2v) is 4.02. The van der Waals surface area contributed by atoms with E-state index in [1.165, 1.54) is 0 Å². The van der Waals surface area contributed by atoms with Gasteiger partial charge in [0, 0.05) is 31.4 Å². The third kappa shape index (κ3) is 3.61. The molecule has 0 aliphatic carbocycles. The van der Waals surface area contributed by atoms with Gasteiger partial charge in [0.2, 0.25) is 0 Å². The fourth-order valence-electron chi connectivity index (χ4n) is 1.66. The van der Waals surface area contributed by atoms with Gasteiger partial charge in [-0.2, -0.15) is 0 Å². The summed E-state index contributed by atoms with van der Waals surface area (Å²) in [5.41, 5.74) is -0.153. The SMILES string of the molecule is O=C(NCCCc1ncc[nH]1)c1ccc(F)cc1F. The molecule has 0 fully saturated rings. The lowest BCUT2D eigenvalue weighted by atomic mass is 10.2. The molecule has 2 aromatic rings. The first-order valence-corrected chi connectivity index (χ1v) is 5.88. The highest BCUT2D eigenvalue weighted by atomic mass is 19.1. The molecule has 1 amide bonds. The van der Waals surface area contributed by atoms with Crippen LogP contribution in [0.2, 0.25) is 0 Å². The van der Waals surface area contributed by atoms with Crippen molar-refractivity contribution in [1.82, 2.24) is 15.3 Å². The quantitative estimate of drug-likeness (QED) is 0.813. The highest BCUT2D eigenvalue weighted by Crippen LogP contribution is 2.09. The number of amides is 1. The average molecular weight is 265 g/mol. The molecule has 0 aliphatic rings. The van der Waals surface area contributed by atoms with Crippen LogP contribution in [0, 0.1) is 11.6 Å². The van der Waals surface area contributed by atoms with E-state index in [4.69, 9.17) is 0 Å². The van der Waals surface area contributed by atoms with Gasteiger partial charge >= 0.3 is 0 Å². The van der Waals surface area contributed by atoms with Gasteiger partial charge < -0.3 is 10.3 Å². The van der Waals surface area contributed by atoms with Crippen molar-refractivity contribution in [2.45, 2.75) is 12.8 Å². The molecule has 0 bridgehead atoms. The molecule has 6 heteroatoms. The van der Waals surface area contributed by atoms with Crippen LogP contribution >= 0.6 is 0 Å². The molecule has 0 saturated heterocycles. The largest absolute Gasteiger partial charge is 0.352 e. The highest BCUT2D eigenvalue weighted by Gasteiger charge is 2.11. The maximum Gasteiger partial charge on any atom is 0.254 e. The van der Waals surface area contributed by atoms with E-state index in [2.05, 4.69) is 15.3 Å². The summed E-state index contributed by atoms with van der Waals surface area (Å²) in [6.07, 6.45) is 4.75. The molecule has 0 spiro atoms. The van der Waals surface area contributed by atoms with Crippen LogP contribution < -0.4 is 5.32 Å². The zero-order chi connectivity index (χ0) is 13.7. The number of carbonyl (C=O) groups is 1. The van der Waals surface area contributed by atoms with Crippen molar-refractivity contribution in [3.63, 3.8) is 0 Å². The first-order valence-electron chi connectivity index (χ1n) is 5.88. The van der Waals surface area contributed by atoms with Gasteiger partial charge in [-0.15, -0.1) is 0 Å². The third-order valence-corrected chi connectivity index (χ3v) is 2.61. The second kappa shape index (κ2) is 6.08. The van der Waals surface area contributed by atoms with E-state index in [0.717, 1.165) is 18.0 Å². The van der Waals surface area contributed by atoms with Gasteiger partial charge in [0.25, 0.3) is 5.91 Å². The summed E-state index contributed by atoms with van der Waals surface area (Å²) >= 11 is 0. The Balaban J connectivity index is 1.81. The van der Waals surface area contributed by atoms with Gasteiger partial charge in [0.05, 0.1) is 5.56 Å². The van der Waals surface area contributed by atoms with Crippen LogP contribution in [0.4, 0.5) is 8.78 Å². The number of aromatic amines is 1. The summed E-state index contributed by atoms with van der Waals surface area (Å²) < 4.78 is 26.0.